The molecular weight excluding hydrogens is 190 g/mol. The maximum absolute atomic E-state index is 11.2. The summed E-state index contributed by atoms with van der Waals surface area (Å²) in [6, 6.07) is 9.26. The van der Waals surface area contributed by atoms with E-state index in [0.717, 1.165) is 11.0 Å². The fraction of sp³-hybridized carbons (Fsp3) is 0.250. The standard InChI is InChI=1S/C10H9NO2.C2H6/c1-11-10(12)9-6-7-4-2-3-5-8(7)13-9;1-2/h2-6H,1H3,(H,11,12);1-2H3. The Kier molecular flexibility index (Phi) is 3.92. The zero-order chi connectivity index (χ0) is 11.3. The van der Waals surface area contributed by atoms with Crippen LogP contribution < -0.4 is 5.32 Å². The molecule has 1 amide bonds. The summed E-state index contributed by atoms with van der Waals surface area (Å²) in [5.74, 6) is 0.153. The van der Waals surface area contributed by atoms with Gasteiger partial charge in [-0.2, -0.15) is 0 Å². The molecule has 0 aliphatic rings. The number of fused-ring (bicyclic) bond motifs is 1. The molecule has 0 fully saturated rings. The zero-order valence-corrected chi connectivity index (χ0v) is 9.20. The molecule has 0 saturated carbocycles. The Bertz CT molecular complexity index is 413. The SMILES string of the molecule is CC.CNC(=O)c1cc2ccccc2o1. The molecule has 0 unspecified atom stereocenters. The number of benzene rings is 1. The van der Waals surface area contributed by atoms with Gasteiger partial charge in [0.15, 0.2) is 5.76 Å². The van der Waals surface area contributed by atoms with Crippen molar-refractivity contribution >= 4 is 16.9 Å². The molecule has 1 N–H and O–H groups in total. The highest BCUT2D eigenvalue weighted by Crippen LogP contribution is 2.18. The van der Waals surface area contributed by atoms with Crippen molar-refractivity contribution in [2.24, 2.45) is 0 Å². The Morgan fingerprint density at radius 2 is 1.93 bits per heavy atom. The quantitative estimate of drug-likeness (QED) is 0.777. The van der Waals surface area contributed by atoms with Gasteiger partial charge in [0.05, 0.1) is 0 Å². The predicted molar refractivity (Wildman–Crippen MR) is 61.0 cm³/mol. The van der Waals surface area contributed by atoms with Gasteiger partial charge in [-0.1, -0.05) is 32.0 Å². The van der Waals surface area contributed by atoms with Crippen LogP contribution in [0.25, 0.3) is 11.0 Å². The summed E-state index contributed by atoms with van der Waals surface area (Å²) < 4.78 is 5.31. The van der Waals surface area contributed by atoms with E-state index in [1.54, 1.807) is 13.1 Å². The van der Waals surface area contributed by atoms with E-state index >= 15 is 0 Å². The third-order valence-electron chi connectivity index (χ3n) is 1.88. The molecule has 0 radical (unpaired) electrons. The first-order chi connectivity index (χ1) is 7.31. The number of rotatable bonds is 1. The molecular formula is C12H15NO2. The molecule has 2 aromatic rings. The molecule has 1 aromatic carbocycles. The lowest BCUT2D eigenvalue weighted by Crippen LogP contribution is -2.16. The number of nitrogens with one attached hydrogen (secondary N) is 1. The largest absolute Gasteiger partial charge is 0.451 e. The molecule has 3 heteroatoms. The maximum atomic E-state index is 11.2. The molecule has 0 bridgehead atoms. The number of furan rings is 1. The minimum Gasteiger partial charge on any atom is -0.451 e. The minimum absolute atomic E-state index is 0.198. The van der Waals surface area contributed by atoms with Gasteiger partial charge in [0, 0.05) is 12.4 Å². The molecule has 0 saturated heterocycles. The van der Waals surface area contributed by atoms with E-state index in [2.05, 4.69) is 5.32 Å². The normalized spacial score (nSPS) is 9.27. The summed E-state index contributed by atoms with van der Waals surface area (Å²) in [6.45, 7) is 4.00. The van der Waals surface area contributed by atoms with Crippen LogP contribution in [0.5, 0.6) is 0 Å². The summed E-state index contributed by atoms with van der Waals surface area (Å²) in [4.78, 5) is 11.2. The monoisotopic (exact) mass is 205 g/mol. The lowest BCUT2D eigenvalue weighted by Gasteiger charge is -1.90. The molecule has 0 spiro atoms. The number of para-hydroxylation sites is 1. The van der Waals surface area contributed by atoms with E-state index in [1.807, 2.05) is 38.1 Å². The lowest BCUT2D eigenvalue weighted by molar-refractivity contribution is 0.0938. The van der Waals surface area contributed by atoms with Crippen molar-refractivity contribution in [3.8, 4) is 0 Å². The smallest absolute Gasteiger partial charge is 0.286 e. The molecule has 1 aromatic heterocycles. The highest BCUT2D eigenvalue weighted by Gasteiger charge is 2.08. The van der Waals surface area contributed by atoms with Crippen LogP contribution in [0.2, 0.25) is 0 Å². The Morgan fingerprint density at radius 3 is 2.53 bits per heavy atom. The van der Waals surface area contributed by atoms with Gasteiger partial charge in [-0.3, -0.25) is 4.79 Å². The number of carbonyl (C=O) groups is 1. The highest BCUT2D eigenvalue weighted by atomic mass is 16.3. The fourth-order valence-electron chi connectivity index (χ4n) is 1.22. The van der Waals surface area contributed by atoms with Crippen molar-refractivity contribution in [1.82, 2.24) is 5.32 Å². The van der Waals surface area contributed by atoms with Crippen molar-refractivity contribution in [3.63, 3.8) is 0 Å². The fourth-order valence-corrected chi connectivity index (χ4v) is 1.22. The molecule has 0 aliphatic carbocycles. The second-order valence-electron chi connectivity index (χ2n) is 2.73. The van der Waals surface area contributed by atoms with Crippen LogP contribution in [0.15, 0.2) is 34.7 Å². The van der Waals surface area contributed by atoms with Gasteiger partial charge in [-0.05, 0) is 12.1 Å². The van der Waals surface area contributed by atoms with Crippen LogP contribution in [0.3, 0.4) is 0 Å². The van der Waals surface area contributed by atoms with Crippen LogP contribution >= 0.6 is 0 Å². The van der Waals surface area contributed by atoms with E-state index in [0.29, 0.717) is 5.76 Å². The Labute approximate surface area is 89.1 Å². The van der Waals surface area contributed by atoms with Crippen molar-refractivity contribution in [2.75, 3.05) is 7.05 Å². The van der Waals surface area contributed by atoms with Crippen LogP contribution in [0.1, 0.15) is 24.4 Å². The van der Waals surface area contributed by atoms with Gasteiger partial charge >= 0.3 is 0 Å². The van der Waals surface area contributed by atoms with Gasteiger partial charge < -0.3 is 9.73 Å². The van der Waals surface area contributed by atoms with Crippen molar-refractivity contribution < 1.29 is 9.21 Å². The van der Waals surface area contributed by atoms with Gasteiger partial charge in [0.25, 0.3) is 5.91 Å². The Hall–Kier alpha value is -1.77. The van der Waals surface area contributed by atoms with E-state index in [1.165, 1.54) is 0 Å². The van der Waals surface area contributed by atoms with Gasteiger partial charge in [0.1, 0.15) is 5.58 Å². The van der Waals surface area contributed by atoms with Crippen LogP contribution in [-0.4, -0.2) is 13.0 Å². The first-order valence-electron chi connectivity index (χ1n) is 5.02. The maximum Gasteiger partial charge on any atom is 0.286 e. The number of amides is 1. The second-order valence-corrected chi connectivity index (χ2v) is 2.73. The summed E-state index contributed by atoms with van der Waals surface area (Å²) in [6.07, 6.45) is 0. The van der Waals surface area contributed by atoms with Crippen LogP contribution in [-0.2, 0) is 0 Å². The van der Waals surface area contributed by atoms with Crippen molar-refractivity contribution in [3.05, 3.63) is 36.1 Å². The van der Waals surface area contributed by atoms with Crippen LogP contribution in [0.4, 0.5) is 0 Å². The average molecular weight is 205 g/mol. The first kappa shape index (κ1) is 11.3. The average Bonchev–Trinajstić information content (AvgIpc) is 2.74. The molecule has 80 valence electrons. The summed E-state index contributed by atoms with van der Waals surface area (Å²) in [5.41, 5.74) is 0.737. The number of hydrogen-bond acceptors (Lipinski definition) is 2. The topological polar surface area (TPSA) is 42.2 Å². The predicted octanol–water partition coefficient (Wildman–Crippen LogP) is 2.82. The van der Waals surface area contributed by atoms with E-state index in [4.69, 9.17) is 4.42 Å². The van der Waals surface area contributed by atoms with Crippen molar-refractivity contribution in [2.45, 2.75) is 13.8 Å². The minimum atomic E-state index is -0.198. The van der Waals surface area contributed by atoms with Crippen molar-refractivity contribution in [1.29, 1.82) is 0 Å². The van der Waals surface area contributed by atoms with E-state index in [9.17, 15) is 4.79 Å². The summed E-state index contributed by atoms with van der Waals surface area (Å²) >= 11 is 0. The third kappa shape index (κ3) is 2.37. The zero-order valence-electron chi connectivity index (χ0n) is 9.20. The highest BCUT2D eigenvalue weighted by molar-refractivity contribution is 5.95. The summed E-state index contributed by atoms with van der Waals surface area (Å²) in [7, 11) is 1.58. The number of hydrogen-bond donors (Lipinski definition) is 1. The second kappa shape index (κ2) is 5.20. The summed E-state index contributed by atoms with van der Waals surface area (Å²) in [5, 5.41) is 3.45. The Morgan fingerprint density at radius 1 is 1.27 bits per heavy atom. The lowest BCUT2D eigenvalue weighted by atomic mass is 10.2. The molecule has 0 aliphatic heterocycles. The molecule has 15 heavy (non-hydrogen) atoms. The van der Waals surface area contributed by atoms with Crippen LogP contribution in [0, 0.1) is 0 Å². The molecule has 2 rings (SSSR count). The third-order valence-corrected chi connectivity index (χ3v) is 1.88. The molecule has 1 heterocycles. The Balaban J connectivity index is 0.000000531. The first-order valence-corrected chi connectivity index (χ1v) is 5.02. The molecule has 0 atom stereocenters. The van der Waals surface area contributed by atoms with E-state index < -0.39 is 0 Å². The van der Waals surface area contributed by atoms with Gasteiger partial charge in [-0.25, -0.2) is 0 Å². The number of carbonyl (C=O) groups excluding carboxylic acids is 1. The molecule has 3 nitrogen and oxygen atoms in total. The van der Waals surface area contributed by atoms with Gasteiger partial charge in [-0.15, -0.1) is 0 Å². The van der Waals surface area contributed by atoms with Gasteiger partial charge in [0.2, 0.25) is 0 Å². The van der Waals surface area contributed by atoms with E-state index in [-0.39, 0.29) is 5.91 Å².